The number of halogens is 1. The summed E-state index contributed by atoms with van der Waals surface area (Å²) in [5.74, 6) is -0.136. The summed E-state index contributed by atoms with van der Waals surface area (Å²) in [6, 6.07) is 5.39. The van der Waals surface area contributed by atoms with Gasteiger partial charge in [0.25, 0.3) is 5.91 Å². The fraction of sp³-hybridized carbons (Fsp3) is 0.375. The van der Waals surface area contributed by atoms with E-state index in [1.807, 2.05) is 50.6 Å². The van der Waals surface area contributed by atoms with E-state index in [-0.39, 0.29) is 17.4 Å². The Hall–Kier alpha value is -1.39. The Labute approximate surface area is 134 Å². The van der Waals surface area contributed by atoms with Gasteiger partial charge in [-0.3, -0.25) is 4.79 Å². The van der Waals surface area contributed by atoms with Crippen LogP contribution in [0, 0.1) is 0 Å². The van der Waals surface area contributed by atoms with Crippen LogP contribution in [0.4, 0.5) is 0 Å². The molecule has 0 saturated carbocycles. The van der Waals surface area contributed by atoms with Crippen molar-refractivity contribution < 1.29 is 4.79 Å². The summed E-state index contributed by atoms with van der Waals surface area (Å²) >= 11 is 7.66. The Morgan fingerprint density at radius 2 is 2.10 bits per heavy atom. The van der Waals surface area contributed by atoms with Gasteiger partial charge in [0.1, 0.15) is 5.15 Å². The Bertz CT molecular complexity index is 632. The molecule has 0 aromatic carbocycles. The second kappa shape index (κ2) is 6.16. The Balaban J connectivity index is 2.21. The lowest BCUT2D eigenvalue weighted by molar-refractivity contribution is 0.0939. The van der Waals surface area contributed by atoms with Gasteiger partial charge in [-0.1, -0.05) is 32.4 Å². The summed E-state index contributed by atoms with van der Waals surface area (Å²) < 4.78 is 0. The van der Waals surface area contributed by atoms with Crippen LogP contribution < -0.4 is 5.32 Å². The molecule has 0 saturated heterocycles. The minimum Gasteiger partial charge on any atom is -0.345 e. The van der Waals surface area contributed by atoms with Crippen molar-refractivity contribution in [1.82, 2.24) is 10.3 Å². The van der Waals surface area contributed by atoms with Crippen molar-refractivity contribution in [2.45, 2.75) is 39.2 Å². The molecule has 0 spiro atoms. The zero-order valence-electron chi connectivity index (χ0n) is 12.6. The van der Waals surface area contributed by atoms with Gasteiger partial charge in [-0.2, -0.15) is 11.3 Å². The third-order valence-corrected chi connectivity index (χ3v) is 4.11. The molecule has 0 aliphatic rings. The molecule has 2 aromatic rings. The number of rotatable bonds is 3. The molecule has 0 bridgehead atoms. The summed E-state index contributed by atoms with van der Waals surface area (Å²) in [5.41, 5.74) is 2.30. The van der Waals surface area contributed by atoms with Crippen molar-refractivity contribution in [2.75, 3.05) is 0 Å². The first-order valence-corrected chi connectivity index (χ1v) is 8.10. The number of amides is 1. The van der Waals surface area contributed by atoms with E-state index in [0.29, 0.717) is 10.7 Å². The molecule has 21 heavy (non-hydrogen) atoms. The van der Waals surface area contributed by atoms with E-state index in [9.17, 15) is 4.79 Å². The minimum atomic E-state index is -0.154. The standard InChI is InChI=1S/C16H19ClN2OS/c1-10(11-5-6-21-9-11)18-15(20)12-7-13(16(2,3)4)19-14(17)8-12/h5-10H,1-4H3,(H,18,20). The van der Waals surface area contributed by atoms with Gasteiger partial charge in [-0.15, -0.1) is 0 Å². The fourth-order valence-corrected chi connectivity index (χ4v) is 2.86. The van der Waals surface area contributed by atoms with E-state index in [2.05, 4.69) is 10.3 Å². The molecule has 2 heterocycles. The van der Waals surface area contributed by atoms with Gasteiger partial charge in [-0.25, -0.2) is 4.98 Å². The Morgan fingerprint density at radius 1 is 1.38 bits per heavy atom. The van der Waals surface area contributed by atoms with Crippen LogP contribution in [-0.4, -0.2) is 10.9 Å². The van der Waals surface area contributed by atoms with Crippen LogP contribution in [0.2, 0.25) is 5.15 Å². The van der Waals surface area contributed by atoms with E-state index < -0.39 is 0 Å². The number of pyridine rings is 1. The maximum atomic E-state index is 12.4. The molecule has 1 unspecified atom stereocenters. The quantitative estimate of drug-likeness (QED) is 0.840. The fourth-order valence-electron chi connectivity index (χ4n) is 1.90. The average Bonchev–Trinajstić information content (AvgIpc) is 2.90. The summed E-state index contributed by atoms with van der Waals surface area (Å²) in [6.45, 7) is 8.09. The summed E-state index contributed by atoms with van der Waals surface area (Å²) in [7, 11) is 0. The summed E-state index contributed by atoms with van der Waals surface area (Å²) in [6.07, 6.45) is 0. The number of hydrogen-bond donors (Lipinski definition) is 1. The molecule has 5 heteroatoms. The maximum absolute atomic E-state index is 12.4. The van der Waals surface area contributed by atoms with Crippen LogP contribution in [0.3, 0.4) is 0 Å². The molecule has 2 aromatic heterocycles. The maximum Gasteiger partial charge on any atom is 0.251 e. The molecule has 3 nitrogen and oxygen atoms in total. The predicted molar refractivity (Wildman–Crippen MR) is 88.1 cm³/mol. The van der Waals surface area contributed by atoms with Gasteiger partial charge in [0.2, 0.25) is 0 Å². The number of carbonyl (C=O) groups excluding carboxylic acids is 1. The highest BCUT2D eigenvalue weighted by molar-refractivity contribution is 7.07. The van der Waals surface area contributed by atoms with E-state index in [4.69, 9.17) is 11.6 Å². The van der Waals surface area contributed by atoms with Crippen molar-refractivity contribution in [1.29, 1.82) is 0 Å². The molecule has 0 aliphatic carbocycles. The monoisotopic (exact) mass is 322 g/mol. The number of aromatic nitrogens is 1. The van der Waals surface area contributed by atoms with Gasteiger partial charge >= 0.3 is 0 Å². The lowest BCUT2D eigenvalue weighted by atomic mass is 9.91. The highest BCUT2D eigenvalue weighted by Gasteiger charge is 2.19. The molecule has 1 amide bonds. The molecule has 2 rings (SSSR count). The van der Waals surface area contributed by atoms with Crippen molar-refractivity contribution in [3.8, 4) is 0 Å². The van der Waals surface area contributed by atoms with E-state index >= 15 is 0 Å². The first-order chi connectivity index (χ1) is 9.77. The van der Waals surface area contributed by atoms with Crippen LogP contribution in [0.15, 0.2) is 29.0 Å². The molecule has 0 fully saturated rings. The van der Waals surface area contributed by atoms with Gasteiger partial charge in [0.05, 0.1) is 6.04 Å². The van der Waals surface area contributed by atoms with Crippen LogP contribution in [0.1, 0.15) is 55.4 Å². The highest BCUT2D eigenvalue weighted by atomic mass is 35.5. The number of nitrogens with one attached hydrogen (secondary N) is 1. The van der Waals surface area contributed by atoms with Crippen molar-refractivity contribution in [3.05, 3.63) is 50.9 Å². The van der Waals surface area contributed by atoms with E-state index in [0.717, 1.165) is 11.3 Å². The van der Waals surface area contributed by atoms with Crippen LogP contribution >= 0.6 is 22.9 Å². The molecule has 1 N–H and O–H groups in total. The zero-order valence-corrected chi connectivity index (χ0v) is 14.2. The molecule has 0 radical (unpaired) electrons. The second-order valence-corrected chi connectivity index (χ2v) is 7.23. The van der Waals surface area contributed by atoms with Gasteiger partial charge in [-0.05, 0) is 41.4 Å². The largest absolute Gasteiger partial charge is 0.345 e. The second-order valence-electron chi connectivity index (χ2n) is 6.07. The summed E-state index contributed by atoms with van der Waals surface area (Å²) in [4.78, 5) is 16.7. The first-order valence-electron chi connectivity index (χ1n) is 6.78. The molecule has 112 valence electrons. The van der Waals surface area contributed by atoms with Crippen LogP contribution in [0.5, 0.6) is 0 Å². The SMILES string of the molecule is CC(NC(=O)c1cc(Cl)nc(C(C)(C)C)c1)c1ccsc1. The summed E-state index contributed by atoms with van der Waals surface area (Å²) in [5, 5.41) is 7.36. The van der Waals surface area contributed by atoms with Crippen LogP contribution in [-0.2, 0) is 5.41 Å². The third kappa shape index (κ3) is 4.05. The smallest absolute Gasteiger partial charge is 0.251 e. The van der Waals surface area contributed by atoms with E-state index in [1.54, 1.807) is 17.4 Å². The van der Waals surface area contributed by atoms with Gasteiger partial charge < -0.3 is 5.32 Å². The number of thiophene rings is 1. The van der Waals surface area contributed by atoms with Crippen LogP contribution in [0.25, 0.3) is 0 Å². The molecule has 0 aliphatic heterocycles. The van der Waals surface area contributed by atoms with Gasteiger partial charge in [0, 0.05) is 16.7 Å². The lowest BCUT2D eigenvalue weighted by Crippen LogP contribution is -2.27. The number of hydrogen-bond acceptors (Lipinski definition) is 3. The Morgan fingerprint density at radius 3 is 2.67 bits per heavy atom. The highest BCUT2D eigenvalue weighted by Crippen LogP contribution is 2.24. The first kappa shape index (κ1) is 16.0. The predicted octanol–water partition coefficient (Wildman–Crippen LogP) is 4.59. The molecule has 1 atom stereocenters. The zero-order chi connectivity index (χ0) is 15.6. The average molecular weight is 323 g/mol. The normalized spacial score (nSPS) is 13.0. The Kier molecular flexibility index (Phi) is 4.69. The lowest BCUT2D eigenvalue weighted by Gasteiger charge is -2.19. The third-order valence-electron chi connectivity index (χ3n) is 3.22. The van der Waals surface area contributed by atoms with Crippen molar-refractivity contribution in [2.24, 2.45) is 0 Å². The minimum absolute atomic E-state index is 0.0335. The number of carbonyl (C=O) groups is 1. The van der Waals surface area contributed by atoms with Gasteiger partial charge in [0.15, 0.2) is 0 Å². The molecular formula is C16H19ClN2OS. The van der Waals surface area contributed by atoms with Crippen molar-refractivity contribution in [3.63, 3.8) is 0 Å². The topological polar surface area (TPSA) is 42.0 Å². The van der Waals surface area contributed by atoms with Crippen molar-refractivity contribution >= 4 is 28.8 Å². The number of nitrogens with zero attached hydrogens (tertiary/aromatic N) is 1. The van der Waals surface area contributed by atoms with E-state index in [1.165, 1.54) is 0 Å². The molecular weight excluding hydrogens is 304 g/mol.